The molecule has 0 saturated carbocycles. The van der Waals surface area contributed by atoms with Crippen LogP contribution in [-0.2, 0) is 10.5 Å². The molecule has 2 heterocycles. The monoisotopic (exact) mass is 328 g/mol. The molecule has 1 aliphatic rings. The van der Waals surface area contributed by atoms with E-state index in [0.717, 1.165) is 24.4 Å². The molecule has 0 bridgehead atoms. The second-order valence-electron chi connectivity index (χ2n) is 4.92. The highest BCUT2D eigenvalue weighted by molar-refractivity contribution is 5.25. The highest BCUT2D eigenvalue weighted by atomic mass is 16.6. The van der Waals surface area contributed by atoms with Crippen LogP contribution in [0.3, 0.4) is 0 Å². The molecule has 1 aromatic rings. The zero-order valence-electron chi connectivity index (χ0n) is 11.7. The van der Waals surface area contributed by atoms with Gasteiger partial charge in [-0.15, -0.1) is 0 Å². The maximum absolute atomic E-state index is 12.1. The van der Waals surface area contributed by atoms with Crippen molar-refractivity contribution in [3.05, 3.63) is 57.8 Å². The van der Waals surface area contributed by atoms with Crippen LogP contribution in [0.25, 0.3) is 0 Å². The van der Waals surface area contributed by atoms with Gasteiger partial charge in [-0.05, 0) is 6.08 Å². The molecule has 1 saturated heterocycles. The lowest BCUT2D eigenvalue weighted by Crippen LogP contribution is -2.58. The predicted octanol–water partition coefficient (Wildman–Crippen LogP) is -2.18. The number of rotatable bonds is 4. The van der Waals surface area contributed by atoms with Gasteiger partial charge >= 0.3 is 5.69 Å². The van der Waals surface area contributed by atoms with Gasteiger partial charge in [0.25, 0.3) is 5.56 Å². The molecule has 1 aromatic heterocycles. The van der Waals surface area contributed by atoms with Crippen LogP contribution in [0.2, 0.25) is 0 Å². The summed E-state index contributed by atoms with van der Waals surface area (Å²) in [5.41, 5.74) is -6.38. The second kappa shape index (κ2) is 6.01. The van der Waals surface area contributed by atoms with Gasteiger partial charge in [-0.25, -0.2) is 4.79 Å². The van der Waals surface area contributed by atoms with E-state index in [-0.39, 0.29) is 0 Å². The molecule has 0 spiro atoms. The smallest absolute Gasteiger partial charge is 0.331 e. The van der Waals surface area contributed by atoms with Crippen LogP contribution in [-0.4, -0.2) is 59.5 Å². The van der Waals surface area contributed by atoms with E-state index in [1.54, 1.807) is 0 Å². The number of hydrogen-bond donors (Lipinski definition) is 6. The van der Waals surface area contributed by atoms with Gasteiger partial charge in [0, 0.05) is 18.3 Å². The number of aromatic nitrogens is 2. The minimum Gasteiger partial charge on any atom is -0.516 e. The van der Waals surface area contributed by atoms with E-state index in [9.17, 15) is 24.9 Å². The van der Waals surface area contributed by atoms with Gasteiger partial charge in [-0.3, -0.25) is 14.3 Å². The molecule has 0 aliphatic carbocycles. The van der Waals surface area contributed by atoms with Crippen LogP contribution < -0.4 is 11.2 Å². The average Bonchev–Trinajstić information content (AvgIpc) is 2.70. The van der Waals surface area contributed by atoms with E-state index >= 15 is 0 Å². The maximum atomic E-state index is 12.1. The van der Waals surface area contributed by atoms with Crippen LogP contribution in [0, 0.1) is 0 Å². The highest BCUT2D eigenvalue weighted by Crippen LogP contribution is 2.45. The minimum absolute atomic E-state index is 0.420. The van der Waals surface area contributed by atoms with Crippen LogP contribution >= 0.6 is 0 Å². The molecule has 126 valence electrons. The van der Waals surface area contributed by atoms with Gasteiger partial charge in [0.1, 0.15) is 12.2 Å². The normalized spacial score (nSPS) is 34.6. The Hall–Kier alpha value is -2.40. The third kappa shape index (κ3) is 2.37. The molecule has 0 radical (unpaired) electrons. The largest absolute Gasteiger partial charge is 0.516 e. The van der Waals surface area contributed by atoms with E-state index in [1.807, 2.05) is 4.98 Å². The summed E-state index contributed by atoms with van der Waals surface area (Å²) < 4.78 is 6.12. The van der Waals surface area contributed by atoms with Crippen molar-refractivity contribution >= 4 is 0 Å². The topological polar surface area (TPSA) is 165 Å². The first-order valence-corrected chi connectivity index (χ1v) is 6.51. The van der Waals surface area contributed by atoms with Gasteiger partial charge in [0.05, 0.1) is 19.1 Å². The fourth-order valence-electron chi connectivity index (χ4n) is 2.64. The summed E-state index contributed by atoms with van der Waals surface area (Å²) in [4.78, 5) is 25.2. The van der Waals surface area contributed by atoms with Crippen LogP contribution in [0.5, 0.6) is 0 Å². The summed E-state index contributed by atoms with van der Waals surface area (Å²) in [6.45, 7) is -0.720. The lowest BCUT2D eigenvalue weighted by molar-refractivity contribution is -0.145. The zero-order valence-corrected chi connectivity index (χ0v) is 11.7. The van der Waals surface area contributed by atoms with Crippen molar-refractivity contribution in [1.29, 1.82) is 0 Å². The molecule has 10 heteroatoms. The van der Waals surface area contributed by atoms with Crippen molar-refractivity contribution < 1.29 is 30.3 Å². The Labute approximate surface area is 128 Å². The maximum Gasteiger partial charge on any atom is 0.331 e. The molecule has 10 nitrogen and oxygen atoms in total. The van der Waals surface area contributed by atoms with E-state index in [1.165, 1.54) is 0 Å². The molecule has 6 N–H and O–H groups in total. The number of aliphatic hydroxyl groups is 5. The Kier molecular flexibility index (Phi) is 4.43. The van der Waals surface area contributed by atoms with Gasteiger partial charge in [-0.1, -0.05) is 0 Å². The van der Waals surface area contributed by atoms with Crippen molar-refractivity contribution in [2.24, 2.45) is 0 Å². The molecule has 1 fully saturated rings. The Morgan fingerprint density at radius 2 is 1.96 bits per heavy atom. The molecule has 23 heavy (non-hydrogen) atoms. The van der Waals surface area contributed by atoms with E-state index in [0.29, 0.717) is 17.1 Å². The average molecular weight is 328 g/mol. The van der Waals surface area contributed by atoms with Crippen LogP contribution in [0.1, 0.15) is 0 Å². The Bertz CT molecular complexity index is 738. The van der Waals surface area contributed by atoms with Crippen LogP contribution in [0.4, 0.5) is 0 Å². The zero-order chi connectivity index (χ0) is 17.3. The number of aromatic amines is 1. The van der Waals surface area contributed by atoms with Crippen molar-refractivity contribution in [2.75, 3.05) is 6.61 Å². The third-order valence-electron chi connectivity index (χ3n) is 3.70. The fourth-order valence-corrected chi connectivity index (χ4v) is 2.64. The summed E-state index contributed by atoms with van der Waals surface area (Å²) in [5, 5.41) is 48.5. The SMILES string of the molecule is O=c1ccn([C@]2(C=CO)O[C@H](CO)[C@@H](O)[C@]2(O)C=CO)c(=O)[nH]1. The van der Waals surface area contributed by atoms with Gasteiger partial charge < -0.3 is 30.3 Å². The summed E-state index contributed by atoms with van der Waals surface area (Å²) in [5.74, 6) is 0. The quantitative estimate of drug-likeness (QED) is 0.339. The second-order valence-corrected chi connectivity index (χ2v) is 4.92. The van der Waals surface area contributed by atoms with Gasteiger partial charge in [0.15, 0.2) is 5.60 Å². The summed E-state index contributed by atoms with van der Waals surface area (Å²) in [7, 11) is 0. The van der Waals surface area contributed by atoms with E-state index in [4.69, 9.17) is 14.9 Å². The van der Waals surface area contributed by atoms with E-state index in [2.05, 4.69) is 0 Å². The number of nitrogens with one attached hydrogen (secondary N) is 1. The predicted molar refractivity (Wildman–Crippen MR) is 75.7 cm³/mol. The Balaban J connectivity index is 2.81. The molecule has 2 rings (SSSR count). The number of hydrogen-bond acceptors (Lipinski definition) is 8. The van der Waals surface area contributed by atoms with E-state index < -0.39 is 41.4 Å². The molecule has 4 atom stereocenters. The third-order valence-corrected chi connectivity index (χ3v) is 3.70. The van der Waals surface area contributed by atoms with Crippen molar-refractivity contribution in [2.45, 2.75) is 23.5 Å². The minimum atomic E-state index is -2.43. The summed E-state index contributed by atoms with van der Waals surface area (Å²) in [6, 6.07) is 0.958. The summed E-state index contributed by atoms with van der Waals surface area (Å²) >= 11 is 0. The van der Waals surface area contributed by atoms with Crippen LogP contribution in [0.15, 0.2) is 46.5 Å². The van der Waals surface area contributed by atoms with Gasteiger partial charge in [-0.2, -0.15) is 0 Å². The van der Waals surface area contributed by atoms with Gasteiger partial charge in [0.2, 0.25) is 5.72 Å². The number of aliphatic hydroxyl groups excluding tert-OH is 4. The first-order chi connectivity index (χ1) is 10.9. The first-order valence-electron chi connectivity index (χ1n) is 6.51. The highest BCUT2D eigenvalue weighted by Gasteiger charge is 2.64. The molecule has 0 amide bonds. The van der Waals surface area contributed by atoms with Crippen molar-refractivity contribution in [3.8, 4) is 0 Å². The fraction of sp³-hybridized carbons (Fsp3) is 0.385. The number of ether oxygens (including phenoxy) is 1. The number of H-pyrrole nitrogens is 1. The Morgan fingerprint density at radius 1 is 1.30 bits per heavy atom. The lowest BCUT2D eigenvalue weighted by Gasteiger charge is -2.38. The van der Waals surface area contributed by atoms with Crippen molar-refractivity contribution in [1.82, 2.24) is 9.55 Å². The molecular weight excluding hydrogens is 312 g/mol. The molecule has 1 aliphatic heterocycles. The summed E-state index contributed by atoms with van der Waals surface area (Å²) in [6.07, 6.45) is 0.334. The number of nitrogens with zero attached hydrogens (tertiary/aromatic N) is 1. The Morgan fingerprint density at radius 3 is 2.48 bits per heavy atom. The van der Waals surface area contributed by atoms with Crippen molar-refractivity contribution in [3.63, 3.8) is 0 Å². The molecular formula is C13H16N2O8. The first kappa shape index (κ1) is 17.0. The molecule has 0 unspecified atom stereocenters. The lowest BCUT2D eigenvalue weighted by atomic mass is 9.85. The molecule has 0 aromatic carbocycles. The standard InChI is InChI=1S/C13H16N2O8/c16-5-2-12(22)10(20)8(7-18)23-13(12,3-6-17)15-4-1-9(19)14-11(15)21/h1-6,8,10,16-18,20,22H,7H2,(H,14,19,21)/t8-,10-,12-,13-/m1/s1.